The molecule has 0 unspecified atom stereocenters. The summed E-state index contributed by atoms with van der Waals surface area (Å²) < 4.78 is 5.67. The lowest BCUT2D eigenvalue weighted by molar-refractivity contribution is 0.453. The Morgan fingerprint density at radius 1 is 1.22 bits per heavy atom. The van der Waals surface area contributed by atoms with Crippen LogP contribution in [0.15, 0.2) is 30.5 Å². The van der Waals surface area contributed by atoms with Crippen LogP contribution in [0.25, 0.3) is 0 Å². The highest BCUT2D eigenvalue weighted by atomic mass is 32.1. The number of thiocarbonyl (C=S) groups is 1. The summed E-state index contributed by atoms with van der Waals surface area (Å²) in [5, 5.41) is 7.68. The maximum Gasteiger partial charge on any atom is 0.249 e. The number of hydrogen-bond acceptors (Lipinski definition) is 4. The van der Waals surface area contributed by atoms with Crippen molar-refractivity contribution >= 4 is 17.2 Å². The summed E-state index contributed by atoms with van der Waals surface area (Å²) >= 11 is 4.94. The minimum absolute atomic E-state index is 0.240. The first-order valence-electron chi connectivity index (χ1n) is 5.44. The van der Waals surface area contributed by atoms with Crippen molar-refractivity contribution in [3.8, 4) is 11.6 Å². The molecular formula is C13H13N3OS. The first kappa shape index (κ1) is 12.4. The summed E-state index contributed by atoms with van der Waals surface area (Å²) in [6.07, 6.45) is 1.53. The molecule has 1 heterocycles. The van der Waals surface area contributed by atoms with E-state index in [4.69, 9.17) is 22.7 Å². The van der Waals surface area contributed by atoms with Gasteiger partial charge in [0.2, 0.25) is 5.88 Å². The molecule has 5 heteroatoms. The van der Waals surface area contributed by atoms with Crippen molar-refractivity contribution in [1.82, 2.24) is 10.2 Å². The number of benzene rings is 1. The summed E-state index contributed by atoms with van der Waals surface area (Å²) in [4.78, 5) is 0.240. The molecule has 2 rings (SSSR count). The quantitative estimate of drug-likeness (QED) is 0.858. The summed E-state index contributed by atoms with van der Waals surface area (Å²) in [5.74, 6) is 1.02. The largest absolute Gasteiger partial charge is 0.437 e. The predicted molar refractivity (Wildman–Crippen MR) is 73.9 cm³/mol. The molecule has 0 amide bonds. The van der Waals surface area contributed by atoms with Gasteiger partial charge in [-0.25, -0.2) is 0 Å². The Kier molecular flexibility index (Phi) is 3.53. The fourth-order valence-electron chi connectivity index (χ4n) is 1.47. The Bertz CT molecular complexity index is 599. The highest BCUT2D eigenvalue weighted by molar-refractivity contribution is 7.80. The van der Waals surface area contributed by atoms with Gasteiger partial charge in [-0.2, -0.15) is 5.10 Å². The summed E-state index contributed by atoms with van der Waals surface area (Å²) in [5.41, 5.74) is 8.54. The zero-order valence-electron chi connectivity index (χ0n) is 10.2. The molecular weight excluding hydrogens is 246 g/mol. The van der Waals surface area contributed by atoms with Gasteiger partial charge in [0.1, 0.15) is 10.7 Å². The van der Waals surface area contributed by atoms with Crippen LogP contribution in [0, 0.1) is 13.8 Å². The van der Waals surface area contributed by atoms with Gasteiger partial charge in [-0.1, -0.05) is 18.3 Å². The van der Waals surface area contributed by atoms with Crippen molar-refractivity contribution < 1.29 is 4.74 Å². The molecule has 0 atom stereocenters. The van der Waals surface area contributed by atoms with Crippen LogP contribution in [0.2, 0.25) is 0 Å². The number of hydrogen-bond donors (Lipinski definition) is 1. The number of ether oxygens (including phenoxy) is 1. The fraction of sp³-hybridized carbons (Fsp3) is 0.154. The molecule has 0 fully saturated rings. The normalized spacial score (nSPS) is 10.1. The van der Waals surface area contributed by atoms with Crippen molar-refractivity contribution in [3.05, 3.63) is 47.2 Å². The summed E-state index contributed by atoms with van der Waals surface area (Å²) in [6, 6.07) is 7.49. The Morgan fingerprint density at radius 3 is 2.67 bits per heavy atom. The van der Waals surface area contributed by atoms with E-state index in [0.717, 1.165) is 5.56 Å². The zero-order chi connectivity index (χ0) is 13.1. The molecule has 0 saturated heterocycles. The first-order valence-corrected chi connectivity index (χ1v) is 5.85. The third-order valence-corrected chi connectivity index (χ3v) is 2.87. The predicted octanol–water partition coefficient (Wildman–Crippen LogP) is 2.52. The Morgan fingerprint density at radius 2 is 2.00 bits per heavy atom. The van der Waals surface area contributed by atoms with Gasteiger partial charge in [-0.15, -0.1) is 5.10 Å². The molecule has 4 nitrogen and oxygen atoms in total. The fourth-order valence-corrected chi connectivity index (χ4v) is 1.63. The highest BCUT2D eigenvalue weighted by Crippen LogP contribution is 2.24. The second-order valence-corrected chi connectivity index (χ2v) is 4.40. The number of nitrogens with two attached hydrogens (primary N) is 1. The molecule has 0 aliphatic rings. The SMILES string of the molecule is Cc1ccc(Oc2nnccc2C(N)=S)cc1C. The van der Waals surface area contributed by atoms with Crippen LogP contribution in [-0.4, -0.2) is 15.2 Å². The lowest BCUT2D eigenvalue weighted by atomic mass is 10.1. The smallest absolute Gasteiger partial charge is 0.249 e. The van der Waals surface area contributed by atoms with E-state index in [9.17, 15) is 0 Å². The molecule has 2 N–H and O–H groups in total. The number of rotatable bonds is 3. The molecule has 92 valence electrons. The van der Waals surface area contributed by atoms with E-state index in [1.54, 1.807) is 6.07 Å². The molecule has 0 radical (unpaired) electrons. The van der Waals surface area contributed by atoms with Crippen LogP contribution in [-0.2, 0) is 0 Å². The summed E-state index contributed by atoms with van der Waals surface area (Å²) in [7, 11) is 0. The van der Waals surface area contributed by atoms with Crippen molar-refractivity contribution in [1.29, 1.82) is 0 Å². The first-order chi connectivity index (χ1) is 8.58. The minimum atomic E-state index is 0.240. The molecule has 1 aromatic carbocycles. The van der Waals surface area contributed by atoms with Gasteiger partial charge in [-0.05, 0) is 43.2 Å². The zero-order valence-corrected chi connectivity index (χ0v) is 11.0. The average molecular weight is 259 g/mol. The molecule has 0 aliphatic heterocycles. The van der Waals surface area contributed by atoms with E-state index < -0.39 is 0 Å². The number of aromatic nitrogens is 2. The maximum atomic E-state index is 5.67. The topological polar surface area (TPSA) is 61.0 Å². The molecule has 2 aromatic rings. The molecule has 0 spiro atoms. The third-order valence-electron chi connectivity index (χ3n) is 2.65. The van der Waals surface area contributed by atoms with Crippen molar-refractivity contribution in [2.24, 2.45) is 5.73 Å². The van der Waals surface area contributed by atoms with Gasteiger partial charge in [0, 0.05) is 0 Å². The van der Waals surface area contributed by atoms with Crippen LogP contribution in [0.5, 0.6) is 11.6 Å². The Labute approximate surface area is 111 Å². The minimum Gasteiger partial charge on any atom is -0.437 e. The van der Waals surface area contributed by atoms with E-state index >= 15 is 0 Å². The standard InChI is InChI=1S/C13H13N3OS/c1-8-3-4-10(7-9(8)2)17-13-11(12(14)18)5-6-15-16-13/h3-7H,1-2H3,(H2,14,18). The second kappa shape index (κ2) is 5.10. The van der Waals surface area contributed by atoms with Crippen molar-refractivity contribution in [2.75, 3.05) is 0 Å². The van der Waals surface area contributed by atoms with E-state index in [0.29, 0.717) is 17.2 Å². The lowest BCUT2D eigenvalue weighted by Crippen LogP contribution is -2.12. The highest BCUT2D eigenvalue weighted by Gasteiger charge is 2.09. The van der Waals surface area contributed by atoms with Gasteiger partial charge in [0.05, 0.1) is 11.8 Å². The monoisotopic (exact) mass is 259 g/mol. The van der Waals surface area contributed by atoms with Crippen LogP contribution in [0.3, 0.4) is 0 Å². The average Bonchev–Trinajstić information content (AvgIpc) is 2.34. The van der Waals surface area contributed by atoms with E-state index in [1.807, 2.05) is 32.0 Å². The maximum absolute atomic E-state index is 5.67. The van der Waals surface area contributed by atoms with Crippen LogP contribution >= 0.6 is 12.2 Å². The Balaban J connectivity index is 2.34. The van der Waals surface area contributed by atoms with Crippen LogP contribution in [0.1, 0.15) is 16.7 Å². The summed E-state index contributed by atoms with van der Waals surface area (Å²) in [6.45, 7) is 4.06. The van der Waals surface area contributed by atoms with Crippen molar-refractivity contribution in [3.63, 3.8) is 0 Å². The number of aryl methyl sites for hydroxylation is 2. The van der Waals surface area contributed by atoms with E-state index in [2.05, 4.69) is 10.2 Å². The molecule has 0 aliphatic carbocycles. The molecule has 0 bridgehead atoms. The van der Waals surface area contributed by atoms with Crippen LogP contribution < -0.4 is 10.5 Å². The van der Waals surface area contributed by atoms with Gasteiger partial charge in [0.25, 0.3) is 0 Å². The van der Waals surface area contributed by atoms with Gasteiger partial charge in [-0.3, -0.25) is 0 Å². The molecule has 18 heavy (non-hydrogen) atoms. The molecule has 1 aromatic heterocycles. The van der Waals surface area contributed by atoms with Gasteiger partial charge in [0.15, 0.2) is 0 Å². The van der Waals surface area contributed by atoms with E-state index in [-0.39, 0.29) is 4.99 Å². The van der Waals surface area contributed by atoms with Crippen molar-refractivity contribution in [2.45, 2.75) is 13.8 Å². The number of nitrogens with zero attached hydrogens (tertiary/aromatic N) is 2. The second-order valence-electron chi connectivity index (χ2n) is 3.96. The molecule has 0 saturated carbocycles. The third kappa shape index (κ3) is 2.62. The Hall–Kier alpha value is -2.01. The van der Waals surface area contributed by atoms with Gasteiger partial charge >= 0.3 is 0 Å². The van der Waals surface area contributed by atoms with Crippen LogP contribution in [0.4, 0.5) is 0 Å². The lowest BCUT2D eigenvalue weighted by Gasteiger charge is -2.09. The van der Waals surface area contributed by atoms with E-state index in [1.165, 1.54) is 11.8 Å². The van der Waals surface area contributed by atoms with Gasteiger partial charge < -0.3 is 10.5 Å².